The molecule has 0 saturated carbocycles. The van der Waals surface area contributed by atoms with E-state index in [1.54, 1.807) is 0 Å². The number of esters is 2. The van der Waals surface area contributed by atoms with Crippen molar-refractivity contribution in [1.29, 1.82) is 0 Å². The second-order valence-corrected chi connectivity index (χ2v) is 4.58. The van der Waals surface area contributed by atoms with Crippen molar-refractivity contribution in [3.8, 4) is 0 Å². The average molecular weight is 211 g/mol. The number of hydrogen-bond donors (Lipinski definition) is 1. The van der Waals surface area contributed by atoms with Crippen LogP contribution in [0.25, 0.3) is 0 Å². The molecule has 5 heteroatoms. The smallest absolute Gasteiger partial charge is 0.314 e. The van der Waals surface area contributed by atoms with Gasteiger partial charge in [0.25, 0.3) is 0 Å². The quantitative estimate of drug-likeness (QED) is 0.589. The third kappa shape index (κ3) is 1.01. The maximum absolute atomic E-state index is 11.6. The molecule has 0 amide bonds. The summed E-state index contributed by atoms with van der Waals surface area (Å²) in [7, 11) is 0. The van der Waals surface area contributed by atoms with E-state index in [-0.39, 0.29) is 48.1 Å². The third-order valence-corrected chi connectivity index (χ3v) is 3.74. The van der Waals surface area contributed by atoms with E-state index in [1.165, 1.54) is 6.92 Å². The van der Waals surface area contributed by atoms with Gasteiger partial charge in [-0.15, -0.1) is 0 Å². The average Bonchev–Trinajstić information content (AvgIpc) is 2.70. The molecule has 3 rings (SSSR count). The molecule has 2 bridgehead atoms. The van der Waals surface area contributed by atoms with E-state index < -0.39 is 0 Å². The normalized spacial score (nSPS) is 50.7. The highest BCUT2D eigenvalue weighted by Gasteiger charge is 2.66. The number of rotatable bonds is 1. The molecule has 0 aromatic rings. The van der Waals surface area contributed by atoms with Crippen LogP contribution in [0.1, 0.15) is 13.8 Å². The van der Waals surface area contributed by atoms with E-state index in [1.807, 2.05) is 6.92 Å². The summed E-state index contributed by atoms with van der Waals surface area (Å²) in [5.41, 5.74) is 0. The van der Waals surface area contributed by atoms with Crippen LogP contribution in [-0.2, 0) is 19.1 Å². The Kier molecular flexibility index (Phi) is 1.66. The van der Waals surface area contributed by atoms with Crippen LogP contribution in [0.2, 0.25) is 0 Å². The molecular formula is C10H13NO4. The van der Waals surface area contributed by atoms with E-state index in [2.05, 4.69) is 5.32 Å². The van der Waals surface area contributed by atoms with Crippen molar-refractivity contribution < 1.29 is 19.1 Å². The maximum Gasteiger partial charge on any atom is 0.314 e. The van der Waals surface area contributed by atoms with Gasteiger partial charge in [0.2, 0.25) is 0 Å². The summed E-state index contributed by atoms with van der Waals surface area (Å²) in [5, 5.41) is 3.30. The molecule has 0 spiro atoms. The van der Waals surface area contributed by atoms with E-state index in [0.29, 0.717) is 0 Å². The van der Waals surface area contributed by atoms with Gasteiger partial charge in [0.05, 0.1) is 12.1 Å². The van der Waals surface area contributed by atoms with Crippen molar-refractivity contribution in [1.82, 2.24) is 5.32 Å². The minimum atomic E-state index is -0.339. The van der Waals surface area contributed by atoms with Crippen LogP contribution in [-0.4, -0.2) is 36.2 Å². The molecule has 0 aromatic carbocycles. The minimum absolute atomic E-state index is 0.0284. The Labute approximate surface area is 87.1 Å². The van der Waals surface area contributed by atoms with Crippen LogP contribution in [0.3, 0.4) is 0 Å². The molecule has 3 aliphatic rings. The topological polar surface area (TPSA) is 64.6 Å². The summed E-state index contributed by atoms with van der Waals surface area (Å²) in [5.74, 6) is -0.629. The van der Waals surface area contributed by atoms with Crippen molar-refractivity contribution in [2.75, 3.05) is 0 Å². The first-order valence-corrected chi connectivity index (χ1v) is 5.23. The van der Waals surface area contributed by atoms with Gasteiger partial charge in [0, 0.05) is 12.8 Å². The summed E-state index contributed by atoms with van der Waals surface area (Å²) < 4.78 is 10.5. The SMILES string of the molecule is CC(=O)OC1C2NC3C(OC(=O)C31)C2C. The second-order valence-electron chi connectivity index (χ2n) is 4.58. The number of carbonyl (C=O) groups excluding carboxylic acids is 2. The van der Waals surface area contributed by atoms with Gasteiger partial charge in [-0.25, -0.2) is 0 Å². The van der Waals surface area contributed by atoms with Gasteiger partial charge in [-0.2, -0.15) is 0 Å². The molecule has 0 aliphatic carbocycles. The molecule has 82 valence electrons. The lowest BCUT2D eigenvalue weighted by molar-refractivity contribution is -0.153. The lowest BCUT2D eigenvalue weighted by atomic mass is 9.81. The summed E-state index contributed by atoms with van der Waals surface area (Å²) in [6.07, 6.45) is -0.368. The Morgan fingerprint density at radius 2 is 2.20 bits per heavy atom. The Morgan fingerprint density at radius 1 is 1.47 bits per heavy atom. The lowest BCUT2D eigenvalue weighted by Gasteiger charge is -2.26. The van der Waals surface area contributed by atoms with E-state index in [4.69, 9.17) is 9.47 Å². The molecule has 15 heavy (non-hydrogen) atoms. The standard InChI is InChI=1S/C10H13NO4/c1-3-6-9(14-4(2)12)5-7(11-6)8(3)15-10(5)13/h3,5-9,11H,1-2H3. The zero-order valence-electron chi connectivity index (χ0n) is 8.60. The summed E-state index contributed by atoms with van der Waals surface area (Å²) in [6.45, 7) is 3.39. The van der Waals surface area contributed by atoms with Gasteiger partial charge < -0.3 is 14.8 Å². The first-order valence-electron chi connectivity index (χ1n) is 5.23. The number of hydrogen-bond acceptors (Lipinski definition) is 5. The van der Waals surface area contributed by atoms with Crippen molar-refractivity contribution in [2.24, 2.45) is 11.8 Å². The fourth-order valence-electron chi connectivity index (χ4n) is 3.14. The molecule has 3 aliphatic heterocycles. The highest BCUT2D eigenvalue weighted by Crippen LogP contribution is 2.46. The first kappa shape index (κ1) is 9.15. The molecule has 6 atom stereocenters. The molecule has 1 N–H and O–H groups in total. The first-order chi connectivity index (χ1) is 7.09. The van der Waals surface area contributed by atoms with Crippen molar-refractivity contribution in [2.45, 2.75) is 38.1 Å². The lowest BCUT2D eigenvalue weighted by Crippen LogP contribution is -2.43. The van der Waals surface area contributed by atoms with Crippen LogP contribution < -0.4 is 5.32 Å². The summed E-state index contributed by atoms with van der Waals surface area (Å²) in [6, 6.07) is 0.113. The molecule has 5 nitrogen and oxygen atoms in total. The van der Waals surface area contributed by atoms with Crippen LogP contribution in [0.15, 0.2) is 0 Å². The van der Waals surface area contributed by atoms with Gasteiger partial charge in [0.1, 0.15) is 18.1 Å². The Bertz CT molecular complexity index is 342. The fraction of sp³-hybridized carbons (Fsp3) is 0.800. The summed E-state index contributed by atoms with van der Waals surface area (Å²) in [4.78, 5) is 22.5. The van der Waals surface area contributed by atoms with Gasteiger partial charge in [-0.05, 0) is 0 Å². The zero-order chi connectivity index (χ0) is 10.7. The molecule has 3 saturated heterocycles. The van der Waals surface area contributed by atoms with E-state index in [9.17, 15) is 9.59 Å². The van der Waals surface area contributed by atoms with E-state index in [0.717, 1.165) is 0 Å². The zero-order valence-corrected chi connectivity index (χ0v) is 8.60. The molecule has 6 unspecified atom stereocenters. The van der Waals surface area contributed by atoms with Crippen LogP contribution in [0.4, 0.5) is 0 Å². The third-order valence-electron chi connectivity index (χ3n) is 3.74. The van der Waals surface area contributed by atoms with Crippen LogP contribution >= 0.6 is 0 Å². The van der Waals surface area contributed by atoms with Gasteiger partial charge >= 0.3 is 11.9 Å². The molecule has 3 fully saturated rings. The predicted octanol–water partition coefficient (Wildman–Crippen LogP) is -0.550. The van der Waals surface area contributed by atoms with Gasteiger partial charge in [-0.3, -0.25) is 9.59 Å². The van der Waals surface area contributed by atoms with Gasteiger partial charge in [-0.1, -0.05) is 6.92 Å². The minimum Gasteiger partial charge on any atom is -0.460 e. The number of ether oxygens (including phenoxy) is 2. The van der Waals surface area contributed by atoms with E-state index >= 15 is 0 Å². The predicted molar refractivity (Wildman–Crippen MR) is 48.8 cm³/mol. The highest BCUT2D eigenvalue weighted by molar-refractivity contribution is 5.79. The molecule has 0 radical (unpaired) electrons. The Morgan fingerprint density at radius 3 is 2.87 bits per heavy atom. The second kappa shape index (κ2) is 2.72. The molecular weight excluding hydrogens is 198 g/mol. The van der Waals surface area contributed by atoms with Crippen molar-refractivity contribution >= 4 is 11.9 Å². The van der Waals surface area contributed by atoms with Crippen molar-refractivity contribution in [3.05, 3.63) is 0 Å². The Hall–Kier alpha value is -1.10. The highest BCUT2D eigenvalue weighted by atomic mass is 16.6. The summed E-state index contributed by atoms with van der Waals surface area (Å²) >= 11 is 0. The Balaban J connectivity index is 1.92. The van der Waals surface area contributed by atoms with Crippen molar-refractivity contribution in [3.63, 3.8) is 0 Å². The molecule has 3 heterocycles. The van der Waals surface area contributed by atoms with Gasteiger partial charge in [0.15, 0.2) is 0 Å². The monoisotopic (exact) mass is 211 g/mol. The van der Waals surface area contributed by atoms with Crippen LogP contribution in [0, 0.1) is 11.8 Å². The fourth-order valence-corrected chi connectivity index (χ4v) is 3.14. The maximum atomic E-state index is 11.6. The largest absolute Gasteiger partial charge is 0.460 e. The number of carbonyl (C=O) groups is 2. The van der Waals surface area contributed by atoms with Crippen LogP contribution in [0.5, 0.6) is 0 Å². The number of fused-ring (bicyclic) bond motifs is 1. The molecule has 0 aromatic heterocycles. The number of nitrogens with one attached hydrogen (secondary N) is 1.